The van der Waals surface area contributed by atoms with E-state index in [1.165, 1.54) is 0 Å². The summed E-state index contributed by atoms with van der Waals surface area (Å²) in [7, 11) is 1.63. The predicted molar refractivity (Wildman–Crippen MR) is 116 cm³/mol. The number of methoxy groups -OCH3 is 1. The first kappa shape index (κ1) is 20.9. The normalized spacial score (nSPS) is 16.4. The Kier molecular flexibility index (Phi) is 5.65. The number of rotatable bonds is 8. The van der Waals surface area contributed by atoms with Gasteiger partial charge in [-0.3, -0.25) is 14.5 Å². The first-order chi connectivity index (χ1) is 14.9. The van der Waals surface area contributed by atoms with E-state index in [4.69, 9.17) is 4.74 Å². The minimum absolute atomic E-state index is 0.256. The molecule has 0 unspecified atom stereocenters. The van der Waals surface area contributed by atoms with Gasteiger partial charge in [0.2, 0.25) is 0 Å². The number of aromatic amines is 1. The summed E-state index contributed by atoms with van der Waals surface area (Å²) in [5.74, 6) is -0.634. The molecule has 1 aromatic carbocycles. The van der Waals surface area contributed by atoms with E-state index in [1.54, 1.807) is 13.2 Å². The van der Waals surface area contributed by atoms with Gasteiger partial charge >= 0.3 is 6.03 Å². The number of hydrogen-bond acceptors (Lipinski definition) is 4. The number of aromatic nitrogens is 2. The molecule has 3 amide bonds. The predicted octanol–water partition coefficient (Wildman–Crippen LogP) is 2.58. The Morgan fingerprint density at radius 2 is 1.97 bits per heavy atom. The number of Topliss-reactive ketones (excluding diaryl/α,β-unsaturated/α-hetero) is 1. The summed E-state index contributed by atoms with van der Waals surface area (Å²) in [4.78, 5) is 42.5. The second-order valence-electron chi connectivity index (χ2n) is 7.84. The highest BCUT2D eigenvalue weighted by molar-refractivity contribution is 6.09. The number of hydrogen-bond donors (Lipinski definition) is 2. The van der Waals surface area contributed by atoms with Crippen molar-refractivity contribution in [3.8, 4) is 0 Å². The van der Waals surface area contributed by atoms with Crippen LogP contribution in [-0.4, -0.2) is 58.5 Å². The first-order valence-corrected chi connectivity index (χ1v) is 10.3. The number of fused-ring (bicyclic) bond motifs is 1. The van der Waals surface area contributed by atoms with E-state index in [0.29, 0.717) is 25.1 Å². The lowest BCUT2D eigenvalue weighted by atomic mass is 10.0. The van der Waals surface area contributed by atoms with Crippen LogP contribution in [0, 0.1) is 13.8 Å². The zero-order chi connectivity index (χ0) is 22.1. The Morgan fingerprint density at radius 1 is 1.19 bits per heavy atom. The molecule has 3 aromatic rings. The van der Waals surface area contributed by atoms with Gasteiger partial charge in [-0.25, -0.2) is 4.79 Å². The van der Waals surface area contributed by atoms with Crippen molar-refractivity contribution < 1.29 is 19.1 Å². The number of aryl methyl sites for hydroxylation is 1. The Morgan fingerprint density at radius 3 is 2.74 bits per heavy atom. The van der Waals surface area contributed by atoms with Crippen LogP contribution in [0.1, 0.15) is 27.3 Å². The van der Waals surface area contributed by atoms with Gasteiger partial charge in [-0.05, 0) is 31.5 Å². The molecule has 0 spiro atoms. The minimum Gasteiger partial charge on any atom is -0.383 e. The highest BCUT2D eigenvalue weighted by atomic mass is 16.5. The van der Waals surface area contributed by atoms with Gasteiger partial charge in [0.25, 0.3) is 5.91 Å². The topological polar surface area (TPSA) is 96.4 Å². The van der Waals surface area contributed by atoms with Crippen molar-refractivity contribution in [2.75, 3.05) is 20.3 Å². The van der Waals surface area contributed by atoms with E-state index >= 15 is 0 Å². The number of nitrogens with one attached hydrogen (secondary N) is 2. The van der Waals surface area contributed by atoms with Crippen molar-refractivity contribution in [2.24, 2.45) is 0 Å². The largest absolute Gasteiger partial charge is 0.383 e. The van der Waals surface area contributed by atoms with E-state index in [1.807, 2.05) is 48.9 Å². The molecule has 2 aromatic heterocycles. The number of nitrogens with zero attached hydrogens (tertiary/aromatic N) is 2. The van der Waals surface area contributed by atoms with Crippen LogP contribution in [0.15, 0.2) is 36.5 Å². The maximum absolute atomic E-state index is 12.9. The smallest absolute Gasteiger partial charge is 0.325 e. The fourth-order valence-corrected chi connectivity index (χ4v) is 4.22. The number of carbonyl (C=O) groups excluding carboxylic acids is 3. The molecule has 1 atom stereocenters. The average molecular weight is 422 g/mol. The van der Waals surface area contributed by atoms with Gasteiger partial charge in [0.1, 0.15) is 6.04 Å². The average Bonchev–Trinajstić information content (AvgIpc) is 3.37. The summed E-state index contributed by atoms with van der Waals surface area (Å²) >= 11 is 0. The number of ether oxygens (including phenoxy) is 1. The first-order valence-electron chi connectivity index (χ1n) is 10.3. The van der Waals surface area contributed by atoms with Crippen molar-refractivity contribution in [2.45, 2.75) is 32.9 Å². The summed E-state index contributed by atoms with van der Waals surface area (Å²) in [6.07, 6.45) is 2.22. The van der Waals surface area contributed by atoms with Gasteiger partial charge < -0.3 is 19.6 Å². The highest BCUT2D eigenvalue weighted by Gasteiger charge is 2.39. The molecule has 0 radical (unpaired) electrons. The van der Waals surface area contributed by atoms with Crippen molar-refractivity contribution in [3.05, 3.63) is 59.0 Å². The van der Waals surface area contributed by atoms with Crippen LogP contribution in [0.5, 0.6) is 0 Å². The Hall–Kier alpha value is -3.39. The van der Waals surface area contributed by atoms with Crippen LogP contribution < -0.4 is 5.32 Å². The number of para-hydroxylation sites is 1. The van der Waals surface area contributed by atoms with Crippen LogP contribution in [0.4, 0.5) is 4.79 Å². The van der Waals surface area contributed by atoms with Gasteiger partial charge in [-0.1, -0.05) is 18.2 Å². The lowest BCUT2D eigenvalue weighted by Crippen LogP contribution is -2.36. The molecule has 2 N–H and O–H groups in total. The van der Waals surface area contributed by atoms with Crippen LogP contribution in [-0.2, 0) is 22.5 Å². The lowest BCUT2D eigenvalue weighted by molar-refractivity contribution is -0.127. The number of urea groups is 1. The number of carbonyl (C=O) groups is 3. The molecule has 1 saturated heterocycles. The minimum atomic E-state index is -0.686. The molecule has 1 aliphatic rings. The van der Waals surface area contributed by atoms with E-state index in [9.17, 15) is 14.4 Å². The molecule has 162 valence electrons. The fourth-order valence-electron chi connectivity index (χ4n) is 4.22. The molecule has 0 saturated carbocycles. The molecule has 1 fully saturated rings. The maximum Gasteiger partial charge on any atom is 0.325 e. The zero-order valence-corrected chi connectivity index (χ0v) is 17.9. The monoisotopic (exact) mass is 422 g/mol. The molecule has 0 aliphatic carbocycles. The fraction of sp³-hybridized carbons (Fsp3) is 0.348. The standard InChI is InChI=1S/C23H26N4O4/c1-14-10-18(15(2)26(14)8-9-31-3)21(28)13-27-22(29)20(25-23(27)30)11-16-12-24-19-7-5-4-6-17(16)19/h4-7,10,12,20,24H,8-9,11,13H2,1-3H3,(H,25,30)/t20-/m0/s1. The maximum atomic E-state index is 12.9. The molecule has 8 heteroatoms. The number of imide groups is 1. The van der Waals surface area contributed by atoms with Crippen LogP contribution in [0.3, 0.4) is 0 Å². The molecule has 31 heavy (non-hydrogen) atoms. The number of ketones is 1. The van der Waals surface area contributed by atoms with E-state index in [2.05, 4.69) is 10.3 Å². The summed E-state index contributed by atoms with van der Waals surface area (Å²) in [6, 6.07) is 8.39. The van der Waals surface area contributed by atoms with E-state index < -0.39 is 12.1 Å². The molecular formula is C23H26N4O4. The van der Waals surface area contributed by atoms with Gasteiger partial charge in [0.05, 0.1) is 13.2 Å². The molecule has 0 bridgehead atoms. The summed E-state index contributed by atoms with van der Waals surface area (Å²) < 4.78 is 7.13. The number of amides is 3. The lowest BCUT2D eigenvalue weighted by Gasteiger charge is -2.13. The SMILES string of the molecule is COCCn1c(C)cc(C(=O)CN2C(=O)N[C@@H](Cc3c[nH]c4ccccc34)C2=O)c1C. The molecular weight excluding hydrogens is 396 g/mol. The van der Waals surface area contributed by atoms with Gasteiger partial charge in [0, 0.05) is 54.1 Å². The Balaban J connectivity index is 1.48. The van der Waals surface area contributed by atoms with Crippen molar-refractivity contribution in [3.63, 3.8) is 0 Å². The molecule has 3 heterocycles. The highest BCUT2D eigenvalue weighted by Crippen LogP contribution is 2.22. The van der Waals surface area contributed by atoms with Gasteiger partial charge in [-0.2, -0.15) is 0 Å². The Labute approximate surface area is 180 Å². The van der Waals surface area contributed by atoms with Crippen LogP contribution in [0.2, 0.25) is 0 Å². The van der Waals surface area contributed by atoms with Crippen molar-refractivity contribution in [1.29, 1.82) is 0 Å². The van der Waals surface area contributed by atoms with Gasteiger partial charge in [-0.15, -0.1) is 0 Å². The third-order valence-corrected chi connectivity index (χ3v) is 5.90. The third kappa shape index (κ3) is 3.86. The van der Waals surface area contributed by atoms with Crippen LogP contribution >= 0.6 is 0 Å². The van der Waals surface area contributed by atoms with E-state index in [-0.39, 0.29) is 18.2 Å². The second-order valence-corrected chi connectivity index (χ2v) is 7.84. The zero-order valence-electron chi connectivity index (χ0n) is 17.9. The van der Waals surface area contributed by atoms with Crippen molar-refractivity contribution >= 4 is 28.6 Å². The van der Waals surface area contributed by atoms with E-state index in [0.717, 1.165) is 32.8 Å². The van der Waals surface area contributed by atoms with Gasteiger partial charge in [0.15, 0.2) is 5.78 Å². The summed E-state index contributed by atoms with van der Waals surface area (Å²) in [5, 5.41) is 3.74. The summed E-state index contributed by atoms with van der Waals surface area (Å²) in [5.41, 5.74) is 4.19. The molecule has 1 aliphatic heterocycles. The summed E-state index contributed by atoms with van der Waals surface area (Å²) in [6.45, 7) is 4.68. The molecule has 4 rings (SSSR count). The number of benzene rings is 1. The Bertz CT molecular complexity index is 1160. The quantitative estimate of drug-likeness (QED) is 0.431. The third-order valence-electron chi connectivity index (χ3n) is 5.90. The molecule has 8 nitrogen and oxygen atoms in total. The number of H-pyrrole nitrogens is 1. The van der Waals surface area contributed by atoms with Crippen LogP contribution in [0.25, 0.3) is 10.9 Å². The second kappa shape index (κ2) is 8.39. The van der Waals surface area contributed by atoms with Crippen molar-refractivity contribution in [1.82, 2.24) is 19.8 Å².